The molecule has 1 rings (SSSR count). The number of rotatable bonds is 3. The van der Waals surface area contributed by atoms with E-state index in [1.165, 1.54) is 17.8 Å². The molecule has 1 aromatic rings. The van der Waals surface area contributed by atoms with Gasteiger partial charge >= 0.3 is 5.97 Å². The summed E-state index contributed by atoms with van der Waals surface area (Å²) < 4.78 is 4.99. The number of aromatic nitrogens is 2. The van der Waals surface area contributed by atoms with Gasteiger partial charge in [-0.25, -0.2) is 14.8 Å². The smallest absolute Gasteiger partial charge is 0.357 e. The van der Waals surface area contributed by atoms with Gasteiger partial charge in [0.1, 0.15) is 5.15 Å². The summed E-state index contributed by atoms with van der Waals surface area (Å²) in [4.78, 5) is 19.4. The summed E-state index contributed by atoms with van der Waals surface area (Å²) in [5.74, 6) is -0.482. The monoisotopic (exact) mass is 246 g/mol. The molecule has 0 spiro atoms. The molecular formula is C9H11ClN2O2S. The van der Waals surface area contributed by atoms with E-state index in [0.717, 1.165) is 0 Å². The van der Waals surface area contributed by atoms with E-state index < -0.39 is 5.97 Å². The van der Waals surface area contributed by atoms with E-state index in [1.54, 1.807) is 13.8 Å². The average molecular weight is 247 g/mol. The average Bonchev–Trinajstić information content (AvgIpc) is 2.15. The third kappa shape index (κ3) is 3.68. The lowest BCUT2D eigenvalue weighted by Crippen LogP contribution is -2.13. The lowest BCUT2D eigenvalue weighted by Gasteiger charge is -2.07. The van der Waals surface area contributed by atoms with E-state index in [-0.39, 0.29) is 17.0 Å². The van der Waals surface area contributed by atoms with Crippen molar-refractivity contribution >= 4 is 29.3 Å². The van der Waals surface area contributed by atoms with Crippen LogP contribution in [0.4, 0.5) is 0 Å². The van der Waals surface area contributed by atoms with Gasteiger partial charge in [0.25, 0.3) is 0 Å². The molecule has 4 nitrogen and oxygen atoms in total. The zero-order chi connectivity index (χ0) is 11.4. The Kier molecular flexibility index (Phi) is 4.35. The van der Waals surface area contributed by atoms with Crippen LogP contribution in [0.2, 0.25) is 5.15 Å². The number of hydrogen-bond donors (Lipinski definition) is 0. The summed E-state index contributed by atoms with van der Waals surface area (Å²) in [6.45, 7) is 3.55. The van der Waals surface area contributed by atoms with Gasteiger partial charge in [-0.05, 0) is 20.1 Å². The van der Waals surface area contributed by atoms with Gasteiger partial charge in [-0.1, -0.05) is 23.4 Å². The maximum Gasteiger partial charge on any atom is 0.357 e. The molecule has 1 aromatic heterocycles. The highest BCUT2D eigenvalue weighted by Gasteiger charge is 2.13. The first kappa shape index (κ1) is 12.3. The second kappa shape index (κ2) is 5.32. The Balaban J connectivity index is 2.93. The van der Waals surface area contributed by atoms with Crippen LogP contribution in [-0.2, 0) is 4.74 Å². The number of esters is 1. The van der Waals surface area contributed by atoms with Crippen molar-refractivity contribution < 1.29 is 9.53 Å². The van der Waals surface area contributed by atoms with Gasteiger partial charge in [-0.3, -0.25) is 0 Å². The maximum atomic E-state index is 11.5. The SMILES string of the molecule is CSc1nc(Cl)cc(C(=O)OC(C)C)n1. The Hall–Kier alpha value is -0.810. The van der Waals surface area contributed by atoms with E-state index in [9.17, 15) is 4.79 Å². The van der Waals surface area contributed by atoms with Crippen molar-refractivity contribution in [3.05, 3.63) is 16.9 Å². The first-order chi connectivity index (χ1) is 7.02. The highest BCUT2D eigenvalue weighted by atomic mass is 35.5. The summed E-state index contributed by atoms with van der Waals surface area (Å²) in [5, 5.41) is 0.697. The highest BCUT2D eigenvalue weighted by Crippen LogP contribution is 2.15. The van der Waals surface area contributed by atoms with Gasteiger partial charge in [0.2, 0.25) is 0 Å². The minimum atomic E-state index is -0.482. The molecule has 0 N–H and O–H groups in total. The molecule has 0 aliphatic rings. The molecule has 0 radical (unpaired) electrons. The summed E-state index contributed by atoms with van der Waals surface area (Å²) in [5.41, 5.74) is 0.188. The van der Waals surface area contributed by atoms with E-state index in [2.05, 4.69) is 9.97 Å². The fourth-order valence-corrected chi connectivity index (χ4v) is 1.48. The topological polar surface area (TPSA) is 52.1 Å². The minimum absolute atomic E-state index is 0.177. The molecule has 1 heterocycles. The molecule has 0 aromatic carbocycles. The van der Waals surface area contributed by atoms with Gasteiger partial charge in [0.05, 0.1) is 6.10 Å². The molecule has 82 valence electrons. The van der Waals surface area contributed by atoms with E-state index in [4.69, 9.17) is 16.3 Å². The number of thioether (sulfide) groups is 1. The molecule has 0 saturated carbocycles. The predicted molar refractivity (Wildman–Crippen MR) is 59.4 cm³/mol. The van der Waals surface area contributed by atoms with Crippen LogP contribution in [0.1, 0.15) is 24.3 Å². The molecule has 0 amide bonds. The van der Waals surface area contributed by atoms with Crippen molar-refractivity contribution in [1.29, 1.82) is 0 Å². The van der Waals surface area contributed by atoms with Crippen LogP contribution in [0.5, 0.6) is 0 Å². The Labute approximate surface area is 97.4 Å². The lowest BCUT2D eigenvalue weighted by atomic mass is 10.4. The Morgan fingerprint density at radius 3 is 2.73 bits per heavy atom. The summed E-state index contributed by atoms with van der Waals surface area (Å²) >= 11 is 7.06. The van der Waals surface area contributed by atoms with Crippen molar-refractivity contribution in [2.45, 2.75) is 25.1 Å². The second-order valence-electron chi connectivity index (χ2n) is 3.02. The maximum absolute atomic E-state index is 11.5. The summed E-state index contributed by atoms with van der Waals surface area (Å²) in [7, 11) is 0. The van der Waals surface area contributed by atoms with Crippen LogP contribution in [0.15, 0.2) is 11.2 Å². The molecule has 15 heavy (non-hydrogen) atoms. The van der Waals surface area contributed by atoms with E-state index in [1.807, 2.05) is 6.26 Å². The fraction of sp³-hybridized carbons (Fsp3) is 0.444. The number of halogens is 1. The van der Waals surface area contributed by atoms with Gasteiger partial charge in [0, 0.05) is 6.07 Å². The molecule has 6 heteroatoms. The van der Waals surface area contributed by atoms with Crippen LogP contribution in [0.3, 0.4) is 0 Å². The number of hydrogen-bond acceptors (Lipinski definition) is 5. The molecule has 0 unspecified atom stereocenters. The summed E-state index contributed by atoms with van der Waals surface area (Å²) in [6.07, 6.45) is 1.63. The fourth-order valence-electron chi connectivity index (χ4n) is 0.867. The molecule has 0 saturated heterocycles. The lowest BCUT2D eigenvalue weighted by molar-refractivity contribution is 0.0369. The molecule has 0 atom stereocenters. The first-order valence-electron chi connectivity index (χ1n) is 4.32. The van der Waals surface area contributed by atoms with Crippen LogP contribution in [-0.4, -0.2) is 28.3 Å². The third-order valence-corrected chi connectivity index (χ3v) is 2.15. The standard InChI is InChI=1S/C9H11ClN2O2S/c1-5(2)14-8(13)6-4-7(10)12-9(11-6)15-3/h4-5H,1-3H3. The van der Waals surface area contributed by atoms with Crippen molar-refractivity contribution in [1.82, 2.24) is 9.97 Å². The molecule has 0 bridgehead atoms. The number of carbonyl (C=O) groups excluding carboxylic acids is 1. The highest BCUT2D eigenvalue weighted by molar-refractivity contribution is 7.98. The molecule has 0 fully saturated rings. The van der Waals surface area contributed by atoms with Gasteiger partial charge < -0.3 is 4.74 Å². The Morgan fingerprint density at radius 2 is 2.20 bits per heavy atom. The van der Waals surface area contributed by atoms with Crippen LogP contribution in [0, 0.1) is 0 Å². The number of ether oxygens (including phenoxy) is 1. The van der Waals surface area contributed by atoms with Gasteiger partial charge in [-0.2, -0.15) is 0 Å². The minimum Gasteiger partial charge on any atom is -0.458 e. The van der Waals surface area contributed by atoms with Crippen molar-refractivity contribution in [3.8, 4) is 0 Å². The van der Waals surface area contributed by atoms with Gasteiger partial charge in [0.15, 0.2) is 10.9 Å². The number of nitrogens with zero attached hydrogens (tertiary/aromatic N) is 2. The van der Waals surface area contributed by atoms with Crippen LogP contribution >= 0.6 is 23.4 Å². The van der Waals surface area contributed by atoms with Crippen molar-refractivity contribution in [2.75, 3.05) is 6.26 Å². The predicted octanol–water partition coefficient (Wildman–Crippen LogP) is 2.42. The molecule has 0 aliphatic carbocycles. The molecule has 0 aliphatic heterocycles. The largest absolute Gasteiger partial charge is 0.458 e. The number of carbonyl (C=O) groups is 1. The first-order valence-corrected chi connectivity index (χ1v) is 5.92. The van der Waals surface area contributed by atoms with E-state index >= 15 is 0 Å². The third-order valence-electron chi connectivity index (χ3n) is 1.41. The van der Waals surface area contributed by atoms with Crippen LogP contribution in [0.25, 0.3) is 0 Å². The van der Waals surface area contributed by atoms with Gasteiger partial charge in [-0.15, -0.1) is 0 Å². The Morgan fingerprint density at radius 1 is 1.53 bits per heavy atom. The molecular weight excluding hydrogens is 236 g/mol. The zero-order valence-corrected chi connectivity index (χ0v) is 10.2. The van der Waals surface area contributed by atoms with Crippen LogP contribution < -0.4 is 0 Å². The van der Waals surface area contributed by atoms with Crippen molar-refractivity contribution in [3.63, 3.8) is 0 Å². The second-order valence-corrected chi connectivity index (χ2v) is 4.18. The Bertz CT molecular complexity index is 371. The normalized spacial score (nSPS) is 10.5. The van der Waals surface area contributed by atoms with E-state index in [0.29, 0.717) is 5.16 Å². The quantitative estimate of drug-likeness (QED) is 0.355. The summed E-state index contributed by atoms with van der Waals surface area (Å²) in [6, 6.07) is 1.39. The zero-order valence-electron chi connectivity index (χ0n) is 8.65. The van der Waals surface area contributed by atoms with Crippen molar-refractivity contribution in [2.24, 2.45) is 0 Å².